The summed E-state index contributed by atoms with van der Waals surface area (Å²) in [6.45, 7) is 1.91. The lowest BCUT2D eigenvalue weighted by atomic mass is 10.3. The average Bonchev–Trinajstić information content (AvgIpc) is 2.17. The normalized spacial score (nSPS) is 13.8. The maximum absolute atomic E-state index is 11.9. The highest BCUT2D eigenvalue weighted by atomic mass is 79.9. The molecule has 0 fully saturated rings. The Morgan fingerprint density at radius 2 is 1.80 bits per heavy atom. The minimum atomic E-state index is -3.14. The van der Waals surface area contributed by atoms with Crippen LogP contribution in [0.15, 0.2) is 33.6 Å². The number of hydrogen-bond acceptors (Lipinski definition) is 2. The molecule has 5 heteroatoms. The van der Waals surface area contributed by atoms with Gasteiger partial charge in [-0.05, 0) is 30.2 Å². The Hall–Kier alpha value is 0.130. The Bertz CT molecular complexity index is 412. The second-order valence-corrected chi connectivity index (χ2v) is 7.09. The Labute approximate surface area is 107 Å². The zero-order valence-electron chi connectivity index (χ0n) is 8.28. The van der Waals surface area contributed by atoms with Crippen LogP contribution in [0.25, 0.3) is 0 Å². The average molecular weight is 356 g/mol. The zero-order chi connectivity index (χ0) is 11.5. The molecule has 0 aliphatic rings. The van der Waals surface area contributed by atoms with Gasteiger partial charge in [-0.15, -0.1) is 0 Å². The van der Waals surface area contributed by atoms with Crippen molar-refractivity contribution in [1.82, 2.24) is 0 Å². The molecule has 0 aliphatic heterocycles. The summed E-state index contributed by atoms with van der Waals surface area (Å²) in [5, 5.41) is 0.697. The first kappa shape index (κ1) is 13.2. The molecular weight excluding hydrogens is 344 g/mol. The fourth-order valence-corrected chi connectivity index (χ4v) is 3.56. The minimum absolute atomic E-state index is 0.124. The van der Waals surface area contributed by atoms with E-state index in [1.807, 2.05) is 6.92 Å². The van der Waals surface area contributed by atoms with Crippen LogP contribution >= 0.6 is 31.9 Å². The molecule has 0 radical (unpaired) electrons. The third-order valence-electron chi connectivity index (χ3n) is 1.94. The smallest absolute Gasteiger partial charge is 0.178 e. The molecule has 0 heterocycles. The fourth-order valence-electron chi connectivity index (χ4n) is 1.16. The molecule has 84 valence electrons. The van der Waals surface area contributed by atoms with Gasteiger partial charge in [0.15, 0.2) is 9.84 Å². The Kier molecular flexibility index (Phi) is 4.80. The van der Waals surface area contributed by atoms with Crippen LogP contribution in [0.4, 0.5) is 0 Å². The highest BCUT2D eigenvalue weighted by Crippen LogP contribution is 2.18. The summed E-state index contributed by atoms with van der Waals surface area (Å²) >= 11 is 6.55. The van der Waals surface area contributed by atoms with Crippen LogP contribution in [0, 0.1) is 5.92 Å². The molecule has 0 N–H and O–H groups in total. The van der Waals surface area contributed by atoms with Crippen LogP contribution in [0.1, 0.15) is 6.92 Å². The molecule has 1 aromatic rings. The van der Waals surface area contributed by atoms with E-state index in [-0.39, 0.29) is 11.7 Å². The van der Waals surface area contributed by atoms with Crippen LogP contribution in [0.3, 0.4) is 0 Å². The third kappa shape index (κ3) is 3.89. The molecule has 0 bridgehead atoms. The van der Waals surface area contributed by atoms with Crippen molar-refractivity contribution in [2.24, 2.45) is 5.92 Å². The van der Waals surface area contributed by atoms with Crippen LogP contribution in [0.2, 0.25) is 0 Å². The second kappa shape index (κ2) is 5.46. The highest BCUT2D eigenvalue weighted by Gasteiger charge is 2.17. The summed E-state index contributed by atoms with van der Waals surface area (Å²) in [6.07, 6.45) is 0. The molecule has 0 spiro atoms. The van der Waals surface area contributed by atoms with Gasteiger partial charge in [-0.2, -0.15) is 0 Å². The zero-order valence-corrected chi connectivity index (χ0v) is 12.3. The molecule has 15 heavy (non-hydrogen) atoms. The molecule has 0 saturated carbocycles. The van der Waals surface area contributed by atoms with Crippen molar-refractivity contribution in [3.8, 4) is 0 Å². The molecule has 1 rings (SSSR count). The van der Waals surface area contributed by atoms with Gasteiger partial charge in [-0.25, -0.2) is 8.42 Å². The van der Waals surface area contributed by atoms with Gasteiger partial charge >= 0.3 is 0 Å². The van der Waals surface area contributed by atoms with Crippen molar-refractivity contribution in [3.05, 3.63) is 28.7 Å². The summed E-state index contributed by atoms with van der Waals surface area (Å²) in [5.41, 5.74) is 0. The Morgan fingerprint density at radius 3 is 2.27 bits per heavy atom. The first-order valence-electron chi connectivity index (χ1n) is 4.50. The van der Waals surface area contributed by atoms with Gasteiger partial charge in [0.2, 0.25) is 0 Å². The molecule has 1 atom stereocenters. The number of halogens is 2. The van der Waals surface area contributed by atoms with Crippen LogP contribution in [-0.4, -0.2) is 19.5 Å². The van der Waals surface area contributed by atoms with E-state index in [0.29, 0.717) is 10.2 Å². The summed E-state index contributed by atoms with van der Waals surface area (Å²) in [5.74, 6) is 0.304. The third-order valence-corrected chi connectivity index (χ3v) is 5.57. The van der Waals surface area contributed by atoms with E-state index >= 15 is 0 Å². The van der Waals surface area contributed by atoms with Crippen molar-refractivity contribution in [2.45, 2.75) is 11.8 Å². The quantitative estimate of drug-likeness (QED) is 0.777. The van der Waals surface area contributed by atoms with Crippen molar-refractivity contribution < 1.29 is 8.42 Å². The van der Waals surface area contributed by atoms with Crippen molar-refractivity contribution in [2.75, 3.05) is 11.1 Å². The first-order chi connectivity index (χ1) is 6.95. The molecular formula is C10H12Br2O2S. The summed E-state index contributed by atoms with van der Waals surface area (Å²) in [4.78, 5) is 0.388. The van der Waals surface area contributed by atoms with Crippen molar-refractivity contribution in [1.29, 1.82) is 0 Å². The Balaban J connectivity index is 2.91. The standard InChI is InChI=1S/C10H12Br2O2S/c1-8(6-11)7-15(13,14)10-4-2-9(12)3-5-10/h2-5,8H,6-7H2,1H3. The van der Waals surface area contributed by atoms with Crippen LogP contribution < -0.4 is 0 Å². The molecule has 0 aliphatic carbocycles. The van der Waals surface area contributed by atoms with Gasteiger partial charge in [0.25, 0.3) is 0 Å². The second-order valence-electron chi connectivity index (χ2n) is 3.49. The maximum atomic E-state index is 11.9. The van der Waals surface area contributed by atoms with E-state index in [4.69, 9.17) is 0 Å². The summed E-state index contributed by atoms with van der Waals surface area (Å²) in [7, 11) is -3.14. The topological polar surface area (TPSA) is 34.1 Å². The Morgan fingerprint density at radius 1 is 1.27 bits per heavy atom. The predicted octanol–water partition coefficient (Wildman–Crippen LogP) is 3.25. The van der Waals surface area contributed by atoms with Crippen LogP contribution in [-0.2, 0) is 9.84 Å². The van der Waals surface area contributed by atoms with Gasteiger partial charge in [0, 0.05) is 9.80 Å². The number of sulfone groups is 1. The molecule has 2 nitrogen and oxygen atoms in total. The molecule has 0 amide bonds. The van der Waals surface area contributed by atoms with Gasteiger partial charge in [-0.1, -0.05) is 38.8 Å². The first-order valence-corrected chi connectivity index (χ1v) is 8.06. The van der Waals surface area contributed by atoms with Gasteiger partial charge in [0.05, 0.1) is 10.6 Å². The van der Waals surface area contributed by atoms with E-state index < -0.39 is 9.84 Å². The summed E-state index contributed by atoms with van der Waals surface area (Å²) in [6, 6.07) is 6.73. The van der Waals surface area contributed by atoms with Crippen molar-refractivity contribution >= 4 is 41.7 Å². The highest BCUT2D eigenvalue weighted by molar-refractivity contribution is 9.10. The van der Waals surface area contributed by atoms with E-state index in [0.717, 1.165) is 4.47 Å². The SMILES string of the molecule is CC(CBr)CS(=O)(=O)c1ccc(Br)cc1. The van der Waals surface area contributed by atoms with Crippen molar-refractivity contribution in [3.63, 3.8) is 0 Å². The monoisotopic (exact) mass is 354 g/mol. The van der Waals surface area contributed by atoms with E-state index in [1.54, 1.807) is 24.3 Å². The molecule has 1 aromatic carbocycles. The van der Waals surface area contributed by atoms with E-state index in [2.05, 4.69) is 31.9 Å². The molecule has 1 unspecified atom stereocenters. The lowest BCUT2D eigenvalue weighted by molar-refractivity contribution is 0.584. The predicted molar refractivity (Wildman–Crippen MR) is 69.2 cm³/mol. The number of alkyl halides is 1. The molecule has 0 aromatic heterocycles. The number of rotatable bonds is 4. The largest absolute Gasteiger partial charge is 0.224 e. The lowest BCUT2D eigenvalue weighted by Gasteiger charge is -2.08. The van der Waals surface area contributed by atoms with Gasteiger partial charge in [0.1, 0.15) is 0 Å². The number of hydrogen-bond donors (Lipinski definition) is 0. The maximum Gasteiger partial charge on any atom is 0.178 e. The van der Waals surface area contributed by atoms with E-state index in [1.165, 1.54) is 0 Å². The van der Waals surface area contributed by atoms with E-state index in [9.17, 15) is 8.42 Å². The lowest BCUT2D eigenvalue weighted by Crippen LogP contribution is -2.14. The molecule has 0 saturated heterocycles. The van der Waals surface area contributed by atoms with Gasteiger partial charge in [-0.3, -0.25) is 0 Å². The fraction of sp³-hybridized carbons (Fsp3) is 0.400. The van der Waals surface area contributed by atoms with Crippen LogP contribution in [0.5, 0.6) is 0 Å². The number of benzene rings is 1. The van der Waals surface area contributed by atoms with Gasteiger partial charge < -0.3 is 0 Å². The minimum Gasteiger partial charge on any atom is -0.224 e. The summed E-state index contributed by atoms with van der Waals surface area (Å²) < 4.78 is 24.6.